The molecule has 1 heterocycles. The van der Waals surface area contributed by atoms with Crippen LogP contribution in [0.25, 0.3) is 11.3 Å². The van der Waals surface area contributed by atoms with Gasteiger partial charge in [0, 0.05) is 16.1 Å². The average Bonchev–Trinajstić information content (AvgIpc) is 2.49. The van der Waals surface area contributed by atoms with Crippen LogP contribution in [0.5, 0.6) is 0 Å². The molecule has 0 aliphatic carbocycles. The summed E-state index contributed by atoms with van der Waals surface area (Å²) in [6.45, 7) is 0.235. The van der Waals surface area contributed by atoms with E-state index in [9.17, 15) is 9.18 Å². The van der Waals surface area contributed by atoms with Gasteiger partial charge in [-0.05, 0) is 35.9 Å². The molecule has 3 rings (SSSR count). The Morgan fingerprint density at radius 3 is 2.64 bits per heavy atom. The van der Waals surface area contributed by atoms with Gasteiger partial charge in [0.1, 0.15) is 5.82 Å². The zero-order chi connectivity index (χ0) is 15.5. The Bertz CT molecular complexity index is 876. The largest absolute Gasteiger partial charge is 0.268 e. The summed E-state index contributed by atoms with van der Waals surface area (Å²) in [5.74, 6) is -0.325. The van der Waals surface area contributed by atoms with E-state index in [1.54, 1.807) is 18.2 Å². The molecule has 3 nitrogen and oxygen atoms in total. The Balaban J connectivity index is 1.98. The number of aromatic nitrogens is 2. The lowest BCUT2D eigenvalue weighted by Gasteiger charge is -2.08. The number of nitrogens with zero attached hydrogens (tertiary/aromatic N) is 2. The van der Waals surface area contributed by atoms with Gasteiger partial charge in [0.25, 0.3) is 5.56 Å². The van der Waals surface area contributed by atoms with Crippen LogP contribution < -0.4 is 5.56 Å². The van der Waals surface area contributed by atoms with Crippen LogP contribution in [-0.2, 0) is 6.54 Å². The van der Waals surface area contributed by atoms with Crippen LogP contribution in [0.1, 0.15) is 5.56 Å². The molecule has 0 aliphatic heterocycles. The van der Waals surface area contributed by atoms with Crippen LogP contribution in [0.3, 0.4) is 0 Å². The summed E-state index contributed by atoms with van der Waals surface area (Å²) in [7, 11) is 0. The van der Waals surface area contributed by atoms with Gasteiger partial charge in [-0.1, -0.05) is 40.2 Å². The molecule has 0 amide bonds. The molecule has 0 spiro atoms. The molecular weight excluding hydrogens is 347 g/mol. The first-order valence-electron chi connectivity index (χ1n) is 6.70. The molecule has 0 atom stereocenters. The first kappa shape index (κ1) is 14.7. The van der Waals surface area contributed by atoms with Crippen molar-refractivity contribution in [3.8, 4) is 11.3 Å². The highest BCUT2D eigenvalue weighted by molar-refractivity contribution is 9.10. The number of benzene rings is 2. The first-order chi connectivity index (χ1) is 10.6. The standard InChI is InChI=1S/C17H12BrFN2O/c18-14-5-2-4-13(10-14)16-7-8-17(22)21(20-16)11-12-3-1-6-15(19)9-12/h1-10H,11H2. The van der Waals surface area contributed by atoms with Gasteiger partial charge in [0.15, 0.2) is 0 Å². The second-order valence-corrected chi connectivity index (χ2v) is 5.77. The molecule has 22 heavy (non-hydrogen) atoms. The van der Waals surface area contributed by atoms with Crippen molar-refractivity contribution < 1.29 is 4.39 Å². The summed E-state index contributed by atoms with van der Waals surface area (Å²) in [5.41, 5.74) is 2.07. The summed E-state index contributed by atoms with van der Waals surface area (Å²) in [6.07, 6.45) is 0. The topological polar surface area (TPSA) is 34.9 Å². The van der Waals surface area contributed by atoms with Gasteiger partial charge in [-0.3, -0.25) is 4.79 Å². The van der Waals surface area contributed by atoms with Crippen molar-refractivity contribution in [3.05, 3.63) is 86.9 Å². The van der Waals surface area contributed by atoms with Crippen molar-refractivity contribution in [2.24, 2.45) is 0 Å². The molecule has 0 saturated heterocycles. The predicted molar refractivity (Wildman–Crippen MR) is 87.1 cm³/mol. The highest BCUT2D eigenvalue weighted by Gasteiger charge is 2.05. The van der Waals surface area contributed by atoms with Crippen LogP contribution in [0.15, 0.2) is 69.9 Å². The normalized spacial score (nSPS) is 10.6. The fourth-order valence-corrected chi connectivity index (χ4v) is 2.57. The fourth-order valence-electron chi connectivity index (χ4n) is 2.17. The third-order valence-corrected chi connectivity index (χ3v) is 3.70. The summed E-state index contributed by atoms with van der Waals surface area (Å²) < 4.78 is 15.5. The first-order valence-corrected chi connectivity index (χ1v) is 7.50. The number of rotatable bonds is 3. The SMILES string of the molecule is O=c1ccc(-c2cccc(Br)c2)nn1Cc1cccc(F)c1. The van der Waals surface area contributed by atoms with Crippen molar-refractivity contribution in [2.45, 2.75) is 6.54 Å². The lowest BCUT2D eigenvalue weighted by molar-refractivity contribution is 0.612. The molecular formula is C17H12BrFN2O. The van der Waals surface area contributed by atoms with E-state index in [1.165, 1.54) is 22.9 Å². The van der Waals surface area contributed by atoms with E-state index >= 15 is 0 Å². The molecule has 0 radical (unpaired) electrons. The molecule has 0 fully saturated rings. The molecule has 5 heteroatoms. The Morgan fingerprint density at radius 2 is 1.86 bits per heavy atom. The second kappa shape index (κ2) is 6.23. The number of halogens is 2. The molecule has 0 bridgehead atoms. The maximum atomic E-state index is 13.2. The molecule has 1 aromatic heterocycles. The van der Waals surface area contributed by atoms with Gasteiger partial charge in [-0.25, -0.2) is 9.07 Å². The third-order valence-electron chi connectivity index (χ3n) is 3.21. The van der Waals surface area contributed by atoms with Crippen LogP contribution in [0.2, 0.25) is 0 Å². The zero-order valence-corrected chi connectivity index (χ0v) is 13.1. The van der Waals surface area contributed by atoms with Crippen LogP contribution in [0, 0.1) is 5.82 Å². The van der Waals surface area contributed by atoms with Gasteiger partial charge in [0.05, 0.1) is 12.2 Å². The Labute approximate surface area is 135 Å². The minimum atomic E-state index is -0.325. The van der Waals surface area contributed by atoms with Crippen molar-refractivity contribution in [1.29, 1.82) is 0 Å². The van der Waals surface area contributed by atoms with E-state index in [2.05, 4.69) is 21.0 Å². The van der Waals surface area contributed by atoms with E-state index in [0.29, 0.717) is 11.3 Å². The fraction of sp³-hybridized carbons (Fsp3) is 0.0588. The summed E-state index contributed by atoms with van der Waals surface area (Å²) in [5, 5.41) is 4.37. The summed E-state index contributed by atoms with van der Waals surface area (Å²) in [4.78, 5) is 12.0. The Morgan fingerprint density at radius 1 is 1.05 bits per heavy atom. The minimum absolute atomic E-state index is 0.219. The second-order valence-electron chi connectivity index (χ2n) is 4.85. The molecule has 0 saturated carbocycles. The Hall–Kier alpha value is -2.27. The van der Waals surface area contributed by atoms with Crippen molar-refractivity contribution in [2.75, 3.05) is 0 Å². The highest BCUT2D eigenvalue weighted by Crippen LogP contribution is 2.20. The lowest BCUT2D eigenvalue weighted by Crippen LogP contribution is -2.22. The van der Waals surface area contributed by atoms with Crippen molar-refractivity contribution >= 4 is 15.9 Å². The highest BCUT2D eigenvalue weighted by atomic mass is 79.9. The average molecular weight is 359 g/mol. The smallest absolute Gasteiger partial charge is 0.267 e. The minimum Gasteiger partial charge on any atom is -0.268 e. The van der Waals surface area contributed by atoms with Gasteiger partial charge >= 0.3 is 0 Å². The lowest BCUT2D eigenvalue weighted by atomic mass is 10.1. The maximum Gasteiger partial charge on any atom is 0.267 e. The predicted octanol–water partition coefficient (Wildman–Crippen LogP) is 3.86. The molecule has 0 aliphatic rings. The monoisotopic (exact) mass is 358 g/mol. The maximum absolute atomic E-state index is 13.2. The number of hydrogen-bond donors (Lipinski definition) is 0. The van der Waals surface area contributed by atoms with Gasteiger partial charge in [-0.15, -0.1) is 0 Å². The van der Waals surface area contributed by atoms with Crippen LogP contribution in [0.4, 0.5) is 4.39 Å². The molecule has 3 aromatic rings. The zero-order valence-electron chi connectivity index (χ0n) is 11.5. The van der Waals surface area contributed by atoms with Gasteiger partial charge in [0.2, 0.25) is 0 Å². The molecule has 0 N–H and O–H groups in total. The molecule has 0 unspecified atom stereocenters. The van der Waals surface area contributed by atoms with Crippen LogP contribution in [-0.4, -0.2) is 9.78 Å². The van der Waals surface area contributed by atoms with E-state index in [4.69, 9.17) is 0 Å². The quantitative estimate of drug-likeness (QED) is 0.712. The molecule has 2 aromatic carbocycles. The summed E-state index contributed by atoms with van der Waals surface area (Å²) in [6, 6.07) is 17.0. The number of hydrogen-bond acceptors (Lipinski definition) is 2. The van der Waals surface area contributed by atoms with E-state index in [0.717, 1.165) is 10.0 Å². The third kappa shape index (κ3) is 3.31. The summed E-state index contributed by atoms with van der Waals surface area (Å²) >= 11 is 3.42. The van der Waals surface area contributed by atoms with Crippen molar-refractivity contribution in [3.63, 3.8) is 0 Å². The van der Waals surface area contributed by atoms with Gasteiger partial charge < -0.3 is 0 Å². The van der Waals surface area contributed by atoms with Crippen molar-refractivity contribution in [1.82, 2.24) is 9.78 Å². The van der Waals surface area contributed by atoms with Crippen LogP contribution >= 0.6 is 15.9 Å². The van der Waals surface area contributed by atoms with E-state index in [-0.39, 0.29) is 17.9 Å². The Kier molecular flexibility index (Phi) is 4.15. The van der Waals surface area contributed by atoms with Gasteiger partial charge in [-0.2, -0.15) is 5.10 Å². The van der Waals surface area contributed by atoms with E-state index in [1.807, 2.05) is 24.3 Å². The van der Waals surface area contributed by atoms with E-state index < -0.39 is 0 Å². The molecule has 110 valence electrons.